The third kappa shape index (κ3) is 3.12. The van der Waals surface area contributed by atoms with Gasteiger partial charge in [-0.3, -0.25) is 4.79 Å². The van der Waals surface area contributed by atoms with Gasteiger partial charge in [0.05, 0.1) is 19.7 Å². The molecule has 0 radical (unpaired) electrons. The molecule has 2 aromatic rings. The van der Waals surface area contributed by atoms with Crippen LogP contribution in [0.3, 0.4) is 0 Å². The molecule has 0 N–H and O–H groups in total. The highest BCUT2D eigenvalue weighted by atomic mass is 35.5. The van der Waals surface area contributed by atoms with Crippen molar-refractivity contribution in [3.8, 4) is 5.75 Å². The van der Waals surface area contributed by atoms with E-state index >= 15 is 0 Å². The second-order valence-corrected chi connectivity index (χ2v) is 7.64. The molecule has 3 heterocycles. The van der Waals surface area contributed by atoms with Crippen molar-refractivity contribution in [3.05, 3.63) is 46.4 Å². The zero-order valence-electron chi connectivity index (χ0n) is 15.8. The number of halogens is 1. The van der Waals surface area contributed by atoms with Gasteiger partial charge in [-0.05, 0) is 56.0 Å². The lowest BCUT2D eigenvalue weighted by Crippen LogP contribution is -2.31. The van der Waals surface area contributed by atoms with Crippen LogP contribution in [0.2, 0.25) is 5.28 Å². The molecule has 1 amide bonds. The number of amides is 1. The van der Waals surface area contributed by atoms with Gasteiger partial charge < -0.3 is 14.5 Å². The number of fused-ring (bicyclic) bond motifs is 1. The van der Waals surface area contributed by atoms with Gasteiger partial charge in [-0.2, -0.15) is 0 Å². The van der Waals surface area contributed by atoms with Crippen LogP contribution in [0.4, 0.5) is 5.82 Å². The van der Waals surface area contributed by atoms with Crippen molar-refractivity contribution in [1.29, 1.82) is 0 Å². The number of hydrogen-bond acceptors (Lipinski definition) is 5. The van der Waals surface area contributed by atoms with E-state index in [9.17, 15) is 4.79 Å². The fourth-order valence-corrected chi connectivity index (χ4v) is 4.18. The van der Waals surface area contributed by atoms with Crippen molar-refractivity contribution in [2.24, 2.45) is 0 Å². The average molecular weight is 387 g/mol. The number of rotatable bonds is 4. The number of anilines is 1. The first-order chi connectivity index (χ1) is 13.0. The number of aromatic nitrogens is 2. The van der Waals surface area contributed by atoms with Crippen molar-refractivity contribution in [1.82, 2.24) is 14.9 Å². The van der Waals surface area contributed by atoms with Crippen LogP contribution in [0, 0.1) is 0 Å². The van der Waals surface area contributed by atoms with E-state index < -0.39 is 0 Å². The summed E-state index contributed by atoms with van der Waals surface area (Å²) in [5.74, 6) is 1.56. The molecule has 1 fully saturated rings. The summed E-state index contributed by atoms with van der Waals surface area (Å²) in [5, 5.41) is 0.124. The molecule has 6 nitrogen and oxygen atoms in total. The highest BCUT2D eigenvalue weighted by Gasteiger charge is 2.38. The second kappa shape index (κ2) is 7.00. The van der Waals surface area contributed by atoms with E-state index in [0.29, 0.717) is 12.2 Å². The summed E-state index contributed by atoms with van der Waals surface area (Å²) in [6, 6.07) is 8.41. The summed E-state index contributed by atoms with van der Waals surface area (Å²) in [6.07, 6.45) is 2.07. The molecule has 1 atom stereocenters. The number of carbonyl (C=O) groups is 1. The Bertz CT molecular complexity index is 886. The molecule has 4 rings (SSSR count). The van der Waals surface area contributed by atoms with Crippen LogP contribution >= 0.6 is 11.6 Å². The van der Waals surface area contributed by atoms with Crippen LogP contribution in [0.15, 0.2) is 24.3 Å². The normalized spacial score (nSPS) is 19.1. The van der Waals surface area contributed by atoms with Crippen molar-refractivity contribution in [2.75, 3.05) is 18.6 Å². The van der Waals surface area contributed by atoms with Gasteiger partial charge in [0.1, 0.15) is 17.3 Å². The van der Waals surface area contributed by atoms with Gasteiger partial charge in [-0.25, -0.2) is 9.97 Å². The molecular formula is C20H23ClN4O2. The molecule has 2 aliphatic heterocycles. The quantitative estimate of drug-likeness (QED) is 0.747. The number of nitrogens with zero attached hydrogens (tertiary/aromatic N) is 4. The fourth-order valence-electron chi connectivity index (χ4n) is 4.02. The van der Waals surface area contributed by atoms with E-state index in [1.807, 2.05) is 30.9 Å². The Labute approximate surface area is 164 Å². The molecule has 0 aliphatic carbocycles. The summed E-state index contributed by atoms with van der Waals surface area (Å²) in [4.78, 5) is 25.6. The van der Waals surface area contributed by atoms with E-state index in [4.69, 9.17) is 16.3 Å². The predicted octanol–water partition coefficient (Wildman–Crippen LogP) is 3.84. The summed E-state index contributed by atoms with van der Waals surface area (Å²) >= 11 is 6.20. The number of ether oxygens (including phenoxy) is 1. The van der Waals surface area contributed by atoms with Gasteiger partial charge in [0.2, 0.25) is 5.28 Å². The molecule has 0 bridgehead atoms. The maximum absolute atomic E-state index is 12.7. The molecule has 1 unspecified atom stereocenters. The van der Waals surface area contributed by atoms with Crippen molar-refractivity contribution < 1.29 is 9.53 Å². The van der Waals surface area contributed by atoms with Gasteiger partial charge in [0.15, 0.2) is 0 Å². The topological polar surface area (TPSA) is 58.6 Å². The Morgan fingerprint density at radius 3 is 2.85 bits per heavy atom. The van der Waals surface area contributed by atoms with Crippen LogP contribution in [-0.4, -0.2) is 40.5 Å². The number of hydrogen-bond donors (Lipinski definition) is 0. The van der Waals surface area contributed by atoms with Gasteiger partial charge in [0.25, 0.3) is 5.91 Å². The van der Waals surface area contributed by atoms with Gasteiger partial charge in [0, 0.05) is 18.2 Å². The molecule has 7 heteroatoms. The van der Waals surface area contributed by atoms with E-state index in [-0.39, 0.29) is 23.3 Å². The van der Waals surface area contributed by atoms with Gasteiger partial charge in [-0.1, -0.05) is 12.1 Å². The summed E-state index contributed by atoms with van der Waals surface area (Å²) in [6.45, 7) is 5.41. The zero-order valence-corrected chi connectivity index (χ0v) is 16.5. The minimum Gasteiger partial charge on any atom is -0.497 e. The second-order valence-electron chi connectivity index (χ2n) is 7.30. The minimum absolute atomic E-state index is 0.0670. The zero-order chi connectivity index (χ0) is 19.1. The van der Waals surface area contributed by atoms with Gasteiger partial charge >= 0.3 is 0 Å². The maximum atomic E-state index is 12.7. The first-order valence-electron chi connectivity index (χ1n) is 9.27. The molecule has 1 saturated heterocycles. The number of methoxy groups -OCH3 is 1. The standard InChI is InChI=1S/C20H23ClN4O2/c1-12(2)25-11-15-17(19(25)26)22-20(21)23-18(15)24-9-5-8-16(24)13-6-4-7-14(10-13)27-3/h4,6-7,10,12,16H,5,8-9,11H2,1-3H3. The predicted molar refractivity (Wildman–Crippen MR) is 104 cm³/mol. The summed E-state index contributed by atoms with van der Waals surface area (Å²) in [7, 11) is 1.68. The van der Waals surface area contributed by atoms with Crippen molar-refractivity contribution >= 4 is 23.3 Å². The first kappa shape index (κ1) is 18.0. The Hall–Kier alpha value is -2.34. The molecule has 0 spiro atoms. The van der Waals surface area contributed by atoms with Crippen molar-refractivity contribution in [2.45, 2.75) is 45.3 Å². The summed E-state index contributed by atoms with van der Waals surface area (Å²) in [5.41, 5.74) is 2.50. The largest absolute Gasteiger partial charge is 0.497 e. The van der Waals surface area contributed by atoms with Crippen molar-refractivity contribution in [3.63, 3.8) is 0 Å². The minimum atomic E-state index is -0.0670. The third-order valence-electron chi connectivity index (χ3n) is 5.38. The molecule has 27 heavy (non-hydrogen) atoms. The van der Waals surface area contributed by atoms with Crippen LogP contribution in [0.25, 0.3) is 0 Å². The van der Waals surface area contributed by atoms with E-state index in [0.717, 1.165) is 36.5 Å². The maximum Gasteiger partial charge on any atom is 0.273 e. The lowest BCUT2D eigenvalue weighted by molar-refractivity contribution is 0.0726. The Balaban J connectivity index is 1.75. The molecule has 0 saturated carbocycles. The monoisotopic (exact) mass is 386 g/mol. The lowest BCUT2D eigenvalue weighted by Gasteiger charge is -2.28. The highest BCUT2D eigenvalue weighted by molar-refractivity contribution is 6.28. The van der Waals surface area contributed by atoms with Gasteiger partial charge in [-0.15, -0.1) is 0 Å². The first-order valence-corrected chi connectivity index (χ1v) is 9.65. The average Bonchev–Trinajstić information content (AvgIpc) is 3.27. The van der Waals surface area contributed by atoms with Crippen LogP contribution in [0.1, 0.15) is 54.3 Å². The smallest absolute Gasteiger partial charge is 0.273 e. The Morgan fingerprint density at radius 1 is 1.30 bits per heavy atom. The molecule has 1 aromatic heterocycles. The molecule has 2 aliphatic rings. The SMILES string of the molecule is COc1cccc(C2CCCN2c2nc(Cl)nc3c2CN(C(C)C)C3=O)c1. The highest BCUT2D eigenvalue weighted by Crippen LogP contribution is 2.40. The van der Waals surface area contributed by atoms with E-state index in [2.05, 4.69) is 27.0 Å². The third-order valence-corrected chi connectivity index (χ3v) is 5.55. The summed E-state index contributed by atoms with van der Waals surface area (Å²) < 4.78 is 5.39. The lowest BCUT2D eigenvalue weighted by atomic mass is 10.0. The Morgan fingerprint density at radius 2 is 2.11 bits per heavy atom. The van der Waals surface area contributed by atoms with Crippen LogP contribution in [-0.2, 0) is 6.54 Å². The van der Waals surface area contributed by atoms with E-state index in [1.54, 1.807) is 7.11 Å². The fraction of sp³-hybridized carbons (Fsp3) is 0.450. The molecule has 1 aromatic carbocycles. The molecule has 142 valence electrons. The van der Waals surface area contributed by atoms with Crippen LogP contribution in [0.5, 0.6) is 5.75 Å². The van der Waals surface area contributed by atoms with Crippen LogP contribution < -0.4 is 9.64 Å². The van der Waals surface area contributed by atoms with E-state index in [1.165, 1.54) is 5.56 Å². The number of carbonyl (C=O) groups excluding carboxylic acids is 1. The molecular weight excluding hydrogens is 364 g/mol. The Kier molecular flexibility index (Phi) is 4.68. The number of benzene rings is 1.